The first-order valence-electron chi connectivity index (χ1n) is 6.05. The minimum Gasteiger partial charge on any atom is -0.497 e. The van der Waals surface area contributed by atoms with E-state index >= 15 is 0 Å². The van der Waals surface area contributed by atoms with Crippen LogP contribution >= 0.6 is 0 Å². The molecule has 21 heavy (non-hydrogen) atoms. The van der Waals surface area contributed by atoms with Crippen molar-refractivity contribution < 1.29 is 73.5 Å². The van der Waals surface area contributed by atoms with Gasteiger partial charge in [-0.15, -0.1) is 0 Å². The van der Waals surface area contributed by atoms with Crippen molar-refractivity contribution in [3.8, 4) is 5.75 Å². The molecular formula is C12H12BF4KN2O. The zero-order valence-corrected chi connectivity index (χ0v) is 14.6. The smallest absolute Gasteiger partial charge is 0.497 e. The van der Waals surface area contributed by atoms with E-state index in [9.17, 15) is 17.3 Å². The van der Waals surface area contributed by atoms with Crippen molar-refractivity contribution >= 4 is 12.4 Å². The van der Waals surface area contributed by atoms with Crippen LogP contribution in [0.25, 0.3) is 0 Å². The van der Waals surface area contributed by atoms with Crippen molar-refractivity contribution in [1.82, 2.24) is 9.55 Å². The second-order valence-electron chi connectivity index (χ2n) is 4.26. The van der Waals surface area contributed by atoms with E-state index in [2.05, 4.69) is 4.98 Å². The van der Waals surface area contributed by atoms with Gasteiger partial charge in [0.25, 0.3) is 0 Å². The van der Waals surface area contributed by atoms with Crippen molar-refractivity contribution in [2.75, 3.05) is 6.61 Å². The molecule has 0 bridgehead atoms. The minimum absolute atomic E-state index is 0. The Hall–Kier alpha value is -0.349. The molecule has 0 unspecified atom stereocenters. The van der Waals surface area contributed by atoms with E-state index in [1.807, 2.05) is 0 Å². The van der Waals surface area contributed by atoms with Crippen molar-refractivity contribution in [3.05, 3.63) is 42.7 Å². The Morgan fingerprint density at radius 1 is 1.24 bits per heavy atom. The predicted molar refractivity (Wildman–Crippen MR) is 67.5 cm³/mol. The Morgan fingerprint density at radius 2 is 2.00 bits per heavy atom. The third-order valence-corrected chi connectivity index (χ3v) is 2.70. The third-order valence-electron chi connectivity index (χ3n) is 2.70. The van der Waals surface area contributed by atoms with Crippen LogP contribution in [0, 0.1) is 5.82 Å². The number of ether oxygens (including phenoxy) is 1. The van der Waals surface area contributed by atoms with E-state index in [-0.39, 0.29) is 63.7 Å². The third kappa shape index (κ3) is 5.74. The topological polar surface area (TPSA) is 27.1 Å². The minimum atomic E-state index is -5.30. The Morgan fingerprint density at radius 3 is 2.62 bits per heavy atom. The van der Waals surface area contributed by atoms with Crippen LogP contribution in [0.4, 0.5) is 17.3 Å². The van der Waals surface area contributed by atoms with Crippen molar-refractivity contribution in [2.24, 2.45) is 0 Å². The maximum atomic E-state index is 12.9. The Balaban J connectivity index is 0.00000220. The molecule has 1 heterocycles. The average molecular weight is 326 g/mol. The number of halogens is 4. The normalized spacial score (nSPS) is 11.0. The molecule has 2 rings (SSSR count). The molecule has 9 heteroatoms. The first kappa shape index (κ1) is 18.7. The summed E-state index contributed by atoms with van der Waals surface area (Å²) in [4.78, 5) is 3.85. The standard InChI is InChI=1S/C12H12BF4N2O.K/c14-10-2-3-12(11(8-10)13(15,16)17)20-7-1-5-19-6-4-18-9-19;/h2-4,6,8-9H,1,5,7H2;/q-1;+1. The van der Waals surface area contributed by atoms with Crippen molar-refractivity contribution in [1.29, 1.82) is 0 Å². The second-order valence-corrected chi connectivity index (χ2v) is 4.26. The summed E-state index contributed by atoms with van der Waals surface area (Å²) in [5.74, 6) is -1.26. The predicted octanol–water partition coefficient (Wildman–Crippen LogP) is -0.450. The molecule has 0 fully saturated rings. The number of benzene rings is 1. The van der Waals surface area contributed by atoms with E-state index in [1.165, 1.54) is 0 Å². The van der Waals surface area contributed by atoms with Crippen molar-refractivity contribution in [3.63, 3.8) is 0 Å². The molecule has 2 aromatic rings. The molecular weight excluding hydrogens is 314 g/mol. The molecule has 0 N–H and O–H groups in total. The molecule has 1 aromatic heterocycles. The molecule has 0 radical (unpaired) electrons. The average Bonchev–Trinajstić information content (AvgIpc) is 2.88. The summed E-state index contributed by atoms with van der Waals surface area (Å²) in [7, 11) is 0. The number of aryl methyl sites for hydroxylation is 1. The van der Waals surface area contributed by atoms with E-state index < -0.39 is 18.3 Å². The van der Waals surface area contributed by atoms with Crippen LogP contribution in [-0.2, 0) is 6.54 Å². The number of hydrogen-bond donors (Lipinski definition) is 0. The van der Waals surface area contributed by atoms with Gasteiger partial charge in [-0.3, -0.25) is 0 Å². The largest absolute Gasteiger partial charge is 1.00 e. The monoisotopic (exact) mass is 326 g/mol. The summed E-state index contributed by atoms with van der Waals surface area (Å²) in [6.07, 6.45) is 5.51. The van der Waals surface area contributed by atoms with Gasteiger partial charge in [0.2, 0.25) is 0 Å². The van der Waals surface area contributed by atoms with Crippen LogP contribution in [0.15, 0.2) is 36.9 Å². The van der Waals surface area contributed by atoms with Gasteiger partial charge in [-0.25, -0.2) is 9.37 Å². The van der Waals surface area contributed by atoms with Crippen LogP contribution < -0.4 is 61.6 Å². The molecule has 0 saturated carbocycles. The van der Waals surface area contributed by atoms with Gasteiger partial charge in [0.15, 0.2) is 0 Å². The second kappa shape index (κ2) is 8.33. The van der Waals surface area contributed by atoms with E-state index in [0.29, 0.717) is 19.0 Å². The van der Waals surface area contributed by atoms with Crippen LogP contribution in [0.2, 0.25) is 0 Å². The summed E-state index contributed by atoms with van der Waals surface area (Å²) in [5, 5.41) is 0. The maximum Gasteiger partial charge on any atom is 1.00 e. The molecule has 0 aliphatic heterocycles. The Kier molecular flexibility index (Phi) is 7.42. The van der Waals surface area contributed by atoms with Gasteiger partial charge in [0.1, 0.15) is 5.82 Å². The summed E-state index contributed by atoms with van der Waals surface area (Å²) in [6, 6.07) is 2.43. The molecule has 108 valence electrons. The number of rotatable bonds is 6. The van der Waals surface area contributed by atoms with Gasteiger partial charge >= 0.3 is 58.4 Å². The number of nitrogens with zero attached hydrogens (tertiary/aromatic N) is 2. The summed E-state index contributed by atoms with van der Waals surface area (Å²) in [5.41, 5.74) is -1.03. The van der Waals surface area contributed by atoms with Gasteiger partial charge in [0, 0.05) is 18.9 Å². The molecule has 0 spiro atoms. The number of imidazole rings is 1. The molecule has 1 aromatic carbocycles. The maximum absolute atomic E-state index is 12.9. The van der Waals surface area contributed by atoms with Gasteiger partial charge in [-0.1, -0.05) is 5.46 Å². The fourth-order valence-corrected chi connectivity index (χ4v) is 1.75. The molecule has 0 amide bonds. The quantitative estimate of drug-likeness (QED) is 0.409. The Bertz CT molecular complexity index is 563. The van der Waals surface area contributed by atoms with Gasteiger partial charge in [0.05, 0.1) is 18.7 Å². The first-order valence-corrected chi connectivity index (χ1v) is 6.05. The zero-order valence-electron chi connectivity index (χ0n) is 11.5. The van der Waals surface area contributed by atoms with Crippen LogP contribution in [0.1, 0.15) is 6.42 Å². The first-order chi connectivity index (χ1) is 9.47. The molecule has 0 saturated heterocycles. The van der Waals surface area contributed by atoms with Gasteiger partial charge < -0.3 is 22.3 Å². The summed E-state index contributed by atoms with van der Waals surface area (Å²) >= 11 is 0. The van der Waals surface area contributed by atoms with Crippen molar-refractivity contribution in [2.45, 2.75) is 13.0 Å². The number of aromatic nitrogens is 2. The van der Waals surface area contributed by atoms with E-state index in [1.54, 1.807) is 23.3 Å². The molecule has 0 aliphatic rings. The van der Waals surface area contributed by atoms with E-state index in [0.717, 1.165) is 12.1 Å². The Labute approximate surface area is 162 Å². The van der Waals surface area contributed by atoms with Crippen LogP contribution in [0.5, 0.6) is 5.75 Å². The summed E-state index contributed by atoms with van der Waals surface area (Å²) < 4.78 is 58.1. The molecule has 3 nitrogen and oxygen atoms in total. The van der Waals surface area contributed by atoms with Gasteiger partial charge in [-0.2, -0.15) is 0 Å². The van der Waals surface area contributed by atoms with E-state index in [4.69, 9.17) is 4.74 Å². The van der Waals surface area contributed by atoms with Crippen LogP contribution in [-0.4, -0.2) is 23.1 Å². The van der Waals surface area contributed by atoms with Crippen LogP contribution in [0.3, 0.4) is 0 Å². The van der Waals surface area contributed by atoms with Gasteiger partial charge in [-0.05, 0) is 24.6 Å². The fourth-order valence-electron chi connectivity index (χ4n) is 1.75. The number of hydrogen-bond acceptors (Lipinski definition) is 2. The molecule has 0 aliphatic carbocycles. The SMILES string of the molecule is Fc1ccc(OCCCn2ccnc2)c([B-](F)(F)F)c1.[K+]. The summed E-state index contributed by atoms with van der Waals surface area (Å²) in [6.45, 7) is -4.59. The zero-order chi connectivity index (χ0) is 14.6. The fraction of sp³-hybridized carbons (Fsp3) is 0.250. The molecule has 0 atom stereocenters.